The van der Waals surface area contributed by atoms with E-state index in [4.69, 9.17) is 4.74 Å². The smallest absolute Gasteiger partial charge is 0.219 e. The SMILES string of the molecule is CCOc1cccc(NC2CCN(C(C)=O)CC2)c1. The van der Waals surface area contributed by atoms with Crippen molar-refractivity contribution in [3.63, 3.8) is 0 Å². The first-order chi connectivity index (χ1) is 9.19. The van der Waals surface area contributed by atoms with Crippen LogP contribution in [0, 0.1) is 0 Å². The molecule has 1 aliphatic rings. The van der Waals surface area contributed by atoms with E-state index >= 15 is 0 Å². The summed E-state index contributed by atoms with van der Waals surface area (Å²) < 4.78 is 5.49. The minimum atomic E-state index is 0.178. The van der Waals surface area contributed by atoms with E-state index in [-0.39, 0.29) is 5.91 Å². The van der Waals surface area contributed by atoms with Gasteiger partial charge in [-0.05, 0) is 31.9 Å². The van der Waals surface area contributed by atoms with Crippen molar-refractivity contribution in [3.05, 3.63) is 24.3 Å². The molecule has 1 fully saturated rings. The third kappa shape index (κ3) is 3.88. The van der Waals surface area contributed by atoms with Crippen LogP contribution in [0.2, 0.25) is 0 Å². The van der Waals surface area contributed by atoms with Crippen molar-refractivity contribution in [1.82, 2.24) is 4.90 Å². The van der Waals surface area contributed by atoms with E-state index in [1.165, 1.54) is 0 Å². The van der Waals surface area contributed by atoms with Gasteiger partial charge in [0.25, 0.3) is 0 Å². The Morgan fingerprint density at radius 2 is 2.16 bits per heavy atom. The Bertz CT molecular complexity index is 426. The topological polar surface area (TPSA) is 41.6 Å². The molecule has 0 atom stereocenters. The molecule has 1 N–H and O–H groups in total. The second-order valence-corrected chi connectivity index (χ2v) is 4.89. The molecular weight excluding hydrogens is 240 g/mol. The van der Waals surface area contributed by atoms with E-state index < -0.39 is 0 Å². The third-order valence-corrected chi connectivity index (χ3v) is 3.46. The van der Waals surface area contributed by atoms with Crippen LogP contribution in [0.25, 0.3) is 0 Å². The van der Waals surface area contributed by atoms with Crippen molar-refractivity contribution in [1.29, 1.82) is 0 Å². The van der Waals surface area contributed by atoms with E-state index in [2.05, 4.69) is 11.4 Å². The van der Waals surface area contributed by atoms with Crippen LogP contribution in [-0.4, -0.2) is 36.5 Å². The number of ether oxygens (including phenoxy) is 1. The average Bonchev–Trinajstić information content (AvgIpc) is 2.40. The van der Waals surface area contributed by atoms with Crippen LogP contribution in [0.1, 0.15) is 26.7 Å². The maximum Gasteiger partial charge on any atom is 0.219 e. The van der Waals surface area contributed by atoms with Crippen molar-refractivity contribution in [2.24, 2.45) is 0 Å². The summed E-state index contributed by atoms with van der Waals surface area (Å²) in [5.74, 6) is 1.07. The molecule has 1 amide bonds. The summed E-state index contributed by atoms with van der Waals surface area (Å²) in [6.07, 6.45) is 2.00. The molecule has 2 rings (SSSR count). The zero-order valence-electron chi connectivity index (χ0n) is 11.7. The molecule has 0 aromatic heterocycles. The number of rotatable bonds is 4. The summed E-state index contributed by atoms with van der Waals surface area (Å²) in [4.78, 5) is 13.2. The van der Waals surface area contributed by atoms with Gasteiger partial charge in [0.05, 0.1) is 6.61 Å². The summed E-state index contributed by atoms with van der Waals surface area (Å²) >= 11 is 0. The maximum atomic E-state index is 11.3. The van der Waals surface area contributed by atoms with Gasteiger partial charge in [-0.2, -0.15) is 0 Å². The van der Waals surface area contributed by atoms with Gasteiger partial charge in [-0.1, -0.05) is 6.07 Å². The van der Waals surface area contributed by atoms with Crippen LogP contribution >= 0.6 is 0 Å². The molecular formula is C15H22N2O2. The molecule has 4 nitrogen and oxygen atoms in total. The van der Waals surface area contributed by atoms with Crippen molar-refractivity contribution in [3.8, 4) is 5.75 Å². The molecule has 0 radical (unpaired) electrons. The number of carbonyl (C=O) groups is 1. The number of hydrogen-bond donors (Lipinski definition) is 1. The number of nitrogens with one attached hydrogen (secondary N) is 1. The Morgan fingerprint density at radius 1 is 1.42 bits per heavy atom. The highest BCUT2D eigenvalue weighted by molar-refractivity contribution is 5.73. The molecule has 104 valence electrons. The molecule has 1 saturated heterocycles. The summed E-state index contributed by atoms with van der Waals surface area (Å²) in [5.41, 5.74) is 1.09. The number of nitrogens with zero attached hydrogens (tertiary/aromatic N) is 1. The molecule has 0 spiro atoms. The predicted octanol–water partition coefficient (Wildman–Crippen LogP) is 2.51. The third-order valence-electron chi connectivity index (χ3n) is 3.46. The number of carbonyl (C=O) groups excluding carboxylic acids is 1. The van der Waals surface area contributed by atoms with Gasteiger partial charge in [0.15, 0.2) is 0 Å². The lowest BCUT2D eigenvalue weighted by atomic mass is 10.0. The first kappa shape index (κ1) is 13.7. The number of amides is 1. The predicted molar refractivity (Wildman–Crippen MR) is 76.5 cm³/mol. The summed E-state index contributed by atoms with van der Waals surface area (Å²) in [6, 6.07) is 8.48. The summed E-state index contributed by atoms with van der Waals surface area (Å²) in [5, 5.41) is 3.52. The molecule has 4 heteroatoms. The number of piperidine rings is 1. The fourth-order valence-electron chi connectivity index (χ4n) is 2.42. The van der Waals surface area contributed by atoms with Gasteiger partial charge in [-0.15, -0.1) is 0 Å². The van der Waals surface area contributed by atoms with Crippen molar-refractivity contribution < 1.29 is 9.53 Å². The number of benzene rings is 1. The van der Waals surface area contributed by atoms with Crippen molar-refractivity contribution >= 4 is 11.6 Å². The molecule has 1 heterocycles. The monoisotopic (exact) mass is 262 g/mol. The number of likely N-dealkylation sites (tertiary alicyclic amines) is 1. The van der Waals surface area contributed by atoms with Gasteiger partial charge in [-0.3, -0.25) is 4.79 Å². The fraction of sp³-hybridized carbons (Fsp3) is 0.533. The standard InChI is InChI=1S/C15H22N2O2/c1-3-19-15-6-4-5-14(11-15)16-13-7-9-17(10-8-13)12(2)18/h4-6,11,13,16H,3,7-10H2,1-2H3. The largest absolute Gasteiger partial charge is 0.494 e. The highest BCUT2D eigenvalue weighted by atomic mass is 16.5. The zero-order valence-corrected chi connectivity index (χ0v) is 11.7. The molecule has 0 unspecified atom stereocenters. The Balaban J connectivity index is 1.88. The lowest BCUT2D eigenvalue weighted by Gasteiger charge is -2.32. The minimum Gasteiger partial charge on any atom is -0.494 e. The van der Waals surface area contributed by atoms with Gasteiger partial charge < -0.3 is 15.0 Å². The number of anilines is 1. The molecule has 19 heavy (non-hydrogen) atoms. The first-order valence-electron chi connectivity index (χ1n) is 6.94. The lowest BCUT2D eigenvalue weighted by molar-refractivity contribution is -0.129. The van der Waals surface area contributed by atoms with Crippen LogP contribution in [-0.2, 0) is 4.79 Å². The molecule has 0 saturated carbocycles. The summed E-state index contributed by atoms with van der Waals surface area (Å²) in [6.45, 7) is 5.99. The van der Waals surface area contributed by atoms with E-state index in [9.17, 15) is 4.79 Å². The fourth-order valence-corrected chi connectivity index (χ4v) is 2.42. The van der Waals surface area contributed by atoms with E-state index in [1.807, 2.05) is 30.0 Å². The second kappa shape index (κ2) is 6.45. The molecule has 1 aromatic carbocycles. The summed E-state index contributed by atoms with van der Waals surface area (Å²) in [7, 11) is 0. The Hall–Kier alpha value is -1.71. The molecule has 0 aliphatic carbocycles. The highest BCUT2D eigenvalue weighted by Crippen LogP contribution is 2.21. The van der Waals surface area contributed by atoms with Crippen LogP contribution < -0.4 is 10.1 Å². The van der Waals surface area contributed by atoms with Crippen molar-refractivity contribution in [2.45, 2.75) is 32.7 Å². The molecule has 0 bridgehead atoms. The van der Waals surface area contributed by atoms with E-state index in [0.29, 0.717) is 12.6 Å². The van der Waals surface area contributed by atoms with Crippen LogP contribution in [0.3, 0.4) is 0 Å². The van der Waals surface area contributed by atoms with Gasteiger partial charge in [-0.25, -0.2) is 0 Å². The van der Waals surface area contributed by atoms with Crippen molar-refractivity contribution in [2.75, 3.05) is 25.0 Å². The van der Waals surface area contributed by atoms with Crippen LogP contribution in [0.4, 0.5) is 5.69 Å². The van der Waals surface area contributed by atoms with E-state index in [0.717, 1.165) is 37.4 Å². The minimum absolute atomic E-state index is 0.178. The highest BCUT2D eigenvalue weighted by Gasteiger charge is 2.20. The van der Waals surface area contributed by atoms with Gasteiger partial charge >= 0.3 is 0 Å². The van der Waals surface area contributed by atoms with Crippen LogP contribution in [0.5, 0.6) is 5.75 Å². The van der Waals surface area contributed by atoms with Crippen LogP contribution in [0.15, 0.2) is 24.3 Å². The Labute approximate surface area is 114 Å². The van der Waals surface area contributed by atoms with Gasteiger partial charge in [0.2, 0.25) is 5.91 Å². The Morgan fingerprint density at radius 3 is 2.79 bits per heavy atom. The maximum absolute atomic E-state index is 11.3. The average molecular weight is 262 g/mol. The quantitative estimate of drug-likeness (QED) is 0.906. The zero-order chi connectivity index (χ0) is 13.7. The molecule has 1 aromatic rings. The Kier molecular flexibility index (Phi) is 4.66. The number of hydrogen-bond acceptors (Lipinski definition) is 3. The molecule has 1 aliphatic heterocycles. The van der Waals surface area contributed by atoms with E-state index in [1.54, 1.807) is 6.92 Å². The van der Waals surface area contributed by atoms with Gasteiger partial charge in [0, 0.05) is 37.8 Å². The van der Waals surface area contributed by atoms with Gasteiger partial charge in [0.1, 0.15) is 5.75 Å². The first-order valence-corrected chi connectivity index (χ1v) is 6.94. The lowest BCUT2D eigenvalue weighted by Crippen LogP contribution is -2.41. The normalized spacial score (nSPS) is 16.2. The second-order valence-electron chi connectivity index (χ2n) is 4.89.